The molecule has 1 unspecified atom stereocenters. The molecule has 1 saturated heterocycles. The van der Waals surface area contributed by atoms with Crippen LogP contribution in [0.3, 0.4) is 0 Å². The summed E-state index contributed by atoms with van der Waals surface area (Å²) in [6, 6.07) is 20.3. The van der Waals surface area contributed by atoms with Crippen LogP contribution in [0.15, 0.2) is 60.7 Å². The standard InChI is InChI=1S/C22H26N2O2S/c25-27(26,16-8-11-18-9-2-1-3-10-18)24-15-7-6-14-22(24)21-17-19-12-4-5-13-20(19)23-21/h1-5,9-10,12-13,17,22-23H,6-8,11,14-16H2. The molecule has 1 aliphatic heterocycles. The van der Waals surface area contributed by atoms with E-state index >= 15 is 0 Å². The average molecular weight is 383 g/mol. The van der Waals surface area contributed by atoms with Crippen LogP contribution in [-0.2, 0) is 16.4 Å². The third-order valence-electron chi connectivity index (χ3n) is 5.43. The Morgan fingerprint density at radius 1 is 1.00 bits per heavy atom. The normalized spacial score (nSPS) is 18.7. The van der Waals surface area contributed by atoms with E-state index in [1.807, 2.05) is 36.4 Å². The fourth-order valence-electron chi connectivity index (χ4n) is 4.04. The van der Waals surface area contributed by atoms with Crippen LogP contribution in [0.4, 0.5) is 0 Å². The van der Waals surface area contributed by atoms with E-state index in [4.69, 9.17) is 0 Å². The van der Waals surface area contributed by atoms with Crippen molar-refractivity contribution in [2.45, 2.75) is 38.1 Å². The number of rotatable bonds is 6. The first-order valence-electron chi connectivity index (χ1n) is 9.74. The number of hydrogen-bond donors (Lipinski definition) is 1. The van der Waals surface area contributed by atoms with Crippen LogP contribution in [0.1, 0.15) is 43.0 Å². The predicted octanol–water partition coefficient (Wildman–Crippen LogP) is 4.66. The summed E-state index contributed by atoms with van der Waals surface area (Å²) in [6.07, 6.45) is 4.34. The quantitative estimate of drug-likeness (QED) is 0.674. The maximum Gasteiger partial charge on any atom is 0.214 e. The Morgan fingerprint density at radius 2 is 1.78 bits per heavy atom. The first kappa shape index (κ1) is 18.3. The van der Waals surface area contributed by atoms with Gasteiger partial charge in [-0.05, 0) is 48.8 Å². The van der Waals surface area contributed by atoms with E-state index in [-0.39, 0.29) is 11.8 Å². The topological polar surface area (TPSA) is 53.2 Å². The zero-order valence-corrected chi connectivity index (χ0v) is 16.3. The summed E-state index contributed by atoms with van der Waals surface area (Å²) in [6.45, 7) is 0.619. The van der Waals surface area contributed by atoms with Gasteiger partial charge in [-0.25, -0.2) is 8.42 Å². The molecule has 2 heterocycles. The molecule has 142 valence electrons. The first-order valence-corrected chi connectivity index (χ1v) is 11.4. The van der Waals surface area contributed by atoms with E-state index in [1.54, 1.807) is 4.31 Å². The molecule has 1 N–H and O–H groups in total. The number of nitrogens with zero attached hydrogens (tertiary/aromatic N) is 1. The lowest BCUT2D eigenvalue weighted by Crippen LogP contribution is -2.40. The Morgan fingerprint density at radius 3 is 2.59 bits per heavy atom. The van der Waals surface area contributed by atoms with Crippen LogP contribution < -0.4 is 0 Å². The maximum atomic E-state index is 13.1. The third-order valence-corrected chi connectivity index (χ3v) is 7.39. The Kier molecular flexibility index (Phi) is 5.32. The zero-order chi connectivity index (χ0) is 18.7. The van der Waals surface area contributed by atoms with Crippen molar-refractivity contribution in [1.29, 1.82) is 0 Å². The second kappa shape index (κ2) is 7.87. The van der Waals surface area contributed by atoms with Crippen molar-refractivity contribution in [3.05, 3.63) is 71.9 Å². The fourth-order valence-corrected chi connectivity index (χ4v) is 5.80. The number of aromatic nitrogens is 1. The number of aromatic amines is 1. The number of aryl methyl sites for hydroxylation is 1. The summed E-state index contributed by atoms with van der Waals surface area (Å²) in [4.78, 5) is 3.44. The lowest BCUT2D eigenvalue weighted by Gasteiger charge is -2.34. The molecular formula is C22H26N2O2S. The van der Waals surface area contributed by atoms with Gasteiger partial charge in [0.15, 0.2) is 0 Å². The Balaban J connectivity index is 1.50. The van der Waals surface area contributed by atoms with E-state index in [1.165, 1.54) is 5.56 Å². The van der Waals surface area contributed by atoms with E-state index in [2.05, 4.69) is 29.2 Å². The number of para-hydroxylation sites is 1. The van der Waals surface area contributed by atoms with Crippen LogP contribution >= 0.6 is 0 Å². The number of piperidine rings is 1. The molecule has 1 fully saturated rings. The van der Waals surface area contributed by atoms with Gasteiger partial charge in [-0.1, -0.05) is 55.0 Å². The van der Waals surface area contributed by atoms with Crippen LogP contribution in [0, 0.1) is 0 Å². The summed E-state index contributed by atoms with van der Waals surface area (Å²) in [5.41, 5.74) is 3.28. The van der Waals surface area contributed by atoms with Gasteiger partial charge in [0.1, 0.15) is 0 Å². The molecule has 1 atom stereocenters. The summed E-state index contributed by atoms with van der Waals surface area (Å²) in [5.74, 6) is 0.207. The molecule has 0 spiro atoms. The minimum Gasteiger partial charge on any atom is -0.357 e. The van der Waals surface area contributed by atoms with Crippen LogP contribution in [0.25, 0.3) is 10.9 Å². The molecular weight excluding hydrogens is 356 g/mol. The van der Waals surface area contributed by atoms with Gasteiger partial charge in [0.2, 0.25) is 10.0 Å². The Labute approximate surface area is 161 Å². The fraction of sp³-hybridized carbons (Fsp3) is 0.364. The van der Waals surface area contributed by atoms with Crippen LogP contribution in [0.2, 0.25) is 0 Å². The molecule has 0 radical (unpaired) electrons. The smallest absolute Gasteiger partial charge is 0.214 e. The van der Waals surface area contributed by atoms with Gasteiger partial charge in [-0.3, -0.25) is 0 Å². The molecule has 2 aromatic carbocycles. The van der Waals surface area contributed by atoms with Gasteiger partial charge in [-0.15, -0.1) is 0 Å². The van der Waals surface area contributed by atoms with Crippen LogP contribution in [-0.4, -0.2) is 30.0 Å². The minimum atomic E-state index is -3.27. The van der Waals surface area contributed by atoms with Crippen molar-refractivity contribution >= 4 is 20.9 Å². The zero-order valence-electron chi connectivity index (χ0n) is 15.5. The molecule has 0 amide bonds. The number of H-pyrrole nitrogens is 1. The van der Waals surface area contributed by atoms with E-state index in [0.717, 1.165) is 42.3 Å². The van der Waals surface area contributed by atoms with E-state index in [9.17, 15) is 8.42 Å². The molecule has 3 aromatic rings. The second-order valence-electron chi connectivity index (χ2n) is 7.34. The molecule has 4 nitrogen and oxygen atoms in total. The van der Waals surface area contributed by atoms with E-state index < -0.39 is 10.0 Å². The highest BCUT2D eigenvalue weighted by Crippen LogP contribution is 2.34. The molecule has 1 aliphatic rings. The average Bonchev–Trinajstić information content (AvgIpc) is 3.13. The van der Waals surface area contributed by atoms with Crippen molar-refractivity contribution in [2.24, 2.45) is 0 Å². The monoisotopic (exact) mass is 382 g/mol. The Hall–Kier alpha value is -2.11. The summed E-state index contributed by atoms with van der Waals surface area (Å²) < 4.78 is 27.9. The summed E-state index contributed by atoms with van der Waals surface area (Å²) >= 11 is 0. The van der Waals surface area contributed by atoms with E-state index in [0.29, 0.717) is 13.0 Å². The lowest BCUT2D eigenvalue weighted by atomic mass is 10.0. The van der Waals surface area contributed by atoms with Gasteiger partial charge in [0.25, 0.3) is 0 Å². The number of benzene rings is 2. The highest BCUT2D eigenvalue weighted by Gasteiger charge is 2.33. The van der Waals surface area contributed by atoms with Gasteiger partial charge >= 0.3 is 0 Å². The van der Waals surface area contributed by atoms with Gasteiger partial charge in [-0.2, -0.15) is 4.31 Å². The van der Waals surface area contributed by atoms with Gasteiger partial charge in [0.05, 0.1) is 11.8 Å². The molecule has 1 aromatic heterocycles. The van der Waals surface area contributed by atoms with Crippen molar-refractivity contribution < 1.29 is 8.42 Å². The van der Waals surface area contributed by atoms with Gasteiger partial charge < -0.3 is 4.98 Å². The Bertz CT molecular complexity index is 962. The molecule has 0 saturated carbocycles. The third kappa shape index (κ3) is 4.09. The van der Waals surface area contributed by atoms with Crippen molar-refractivity contribution in [2.75, 3.05) is 12.3 Å². The second-order valence-corrected chi connectivity index (χ2v) is 9.38. The van der Waals surface area contributed by atoms with Gasteiger partial charge in [0, 0.05) is 17.8 Å². The molecule has 27 heavy (non-hydrogen) atoms. The molecule has 5 heteroatoms. The number of fused-ring (bicyclic) bond motifs is 1. The van der Waals surface area contributed by atoms with Crippen LogP contribution in [0.5, 0.6) is 0 Å². The minimum absolute atomic E-state index is 0.0760. The van der Waals surface area contributed by atoms with Crippen molar-refractivity contribution in [3.8, 4) is 0 Å². The van der Waals surface area contributed by atoms with Crippen molar-refractivity contribution in [1.82, 2.24) is 9.29 Å². The first-order chi connectivity index (χ1) is 13.1. The molecule has 0 bridgehead atoms. The predicted molar refractivity (Wildman–Crippen MR) is 110 cm³/mol. The number of hydrogen-bond acceptors (Lipinski definition) is 2. The SMILES string of the molecule is O=S(=O)(CCCc1ccccc1)N1CCCCC1c1cc2ccccc2[nH]1. The summed E-state index contributed by atoms with van der Waals surface area (Å²) in [7, 11) is -3.27. The highest BCUT2D eigenvalue weighted by atomic mass is 32.2. The summed E-state index contributed by atoms with van der Waals surface area (Å²) in [5, 5.41) is 1.14. The molecule has 4 rings (SSSR count). The maximum absolute atomic E-state index is 13.1. The largest absolute Gasteiger partial charge is 0.357 e. The number of sulfonamides is 1. The van der Waals surface area contributed by atoms with Crippen molar-refractivity contribution in [3.63, 3.8) is 0 Å². The lowest BCUT2D eigenvalue weighted by molar-refractivity contribution is 0.252. The molecule has 0 aliphatic carbocycles. The number of nitrogens with one attached hydrogen (secondary N) is 1. The highest BCUT2D eigenvalue weighted by molar-refractivity contribution is 7.89.